The Morgan fingerprint density at radius 3 is 2.83 bits per heavy atom. The van der Waals surface area contributed by atoms with Crippen molar-refractivity contribution in [2.75, 3.05) is 19.9 Å². The summed E-state index contributed by atoms with van der Waals surface area (Å²) < 4.78 is 16.3. The molecule has 0 aromatic heterocycles. The molecule has 3 rings (SSSR count). The Balaban J connectivity index is 1.77. The molecule has 0 bridgehead atoms. The molecular weight excluding hydrogens is 238 g/mol. The Kier molecular flexibility index (Phi) is 2.52. The van der Waals surface area contributed by atoms with E-state index in [1.807, 2.05) is 0 Å². The standard InChI is InChI=1S/C12H13NO5/c14-11(15)4-12(5-13-6-12)18-8-1-2-9-10(3-8)17-7-16-9/h1-3,13H,4-7H2,(H,14,15). The zero-order valence-corrected chi connectivity index (χ0v) is 9.64. The minimum absolute atomic E-state index is 0.0194. The van der Waals surface area contributed by atoms with Crippen LogP contribution >= 0.6 is 0 Å². The summed E-state index contributed by atoms with van der Waals surface area (Å²) in [6.07, 6.45) is -0.0194. The SMILES string of the molecule is O=C(O)CC1(Oc2ccc3c(c2)OCO3)CNC1. The van der Waals surface area contributed by atoms with E-state index in [1.54, 1.807) is 18.2 Å². The third-order valence-electron chi connectivity index (χ3n) is 3.05. The smallest absolute Gasteiger partial charge is 0.307 e. The Morgan fingerprint density at radius 2 is 2.17 bits per heavy atom. The molecule has 6 nitrogen and oxygen atoms in total. The Hall–Kier alpha value is -1.95. The second-order valence-corrected chi connectivity index (χ2v) is 4.47. The van der Waals surface area contributed by atoms with E-state index >= 15 is 0 Å². The van der Waals surface area contributed by atoms with Gasteiger partial charge >= 0.3 is 5.97 Å². The van der Waals surface area contributed by atoms with Gasteiger partial charge in [0.15, 0.2) is 11.5 Å². The second-order valence-electron chi connectivity index (χ2n) is 4.47. The largest absolute Gasteiger partial charge is 0.484 e. The molecule has 1 aromatic rings. The van der Waals surface area contributed by atoms with Gasteiger partial charge in [-0.2, -0.15) is 0 Å². The van der Waals surface area contributed by atoms with Gasteiger partial charge in [0, 0.05) is 19.2 Å². The van der Waals surface area contributed by atoms with Crippen molar-refractivity contribution in [2.45, 2.75) is 12.0 Å². The lowest BCUT2D eigenvalue weighted by Gasteiger charge is -2.41. The van der Waals surface area contributed by atoms with Crippen molar-refractivity contribution in [1.29, 1.82) is 0 Å². The lowest BCUT2D eigenvalue weighted by atomic mass is 9.92. The van der Waals surface area contributed by atoms with Crippen LogP contribution in [0.1, 0.15) is 6.42 Å². The van der Waals surface area contributed by atoms with E-state index in [2.05, 4.69) is 5.32 Å². The van der Waals surface area contributed by atoms with Gasteiger partial charge in [0.05, 0.1) is 6.42 Å². The van der Waals surface area contributed by atoms with Crippen molar-refractivity contribution in [1.82, 2.24) is 5.32 Å². The molecule has 0 unspecified atom stereocenters. The molecule has 2 heterocycles. The maximum absolute atomic E-state index is 10.8. The average Bonchev–Trinajstić information content (AvgIpc) is 2.72. The molecule has 0 saturated carbocycles. The highest BCUT2D eigenvalue weighted by Gasteiger charge is 2.41. The van der Waals surface area contributed by atoms with E-state index in [0.717, 1.165) is 0 Å². The number of fused-ring (bicyclic) bond motifs is 1. The number of aliphatic carboxylic acids is 1. The van der Waals surface area contributed by atoms with Crippen LogP contribution in [0.15, 0.2) is 18.2 Å². The molecule has 0 radical (unpaired) electrons. The number of hydrogen-bond donors (Lipinski definition) is 2. The highest BCUT2D eigenvalue weighted by Crippen LogP contribution is 2.37. The third kappa shape index (κ3) is 1.95. The summed E-state index contributed by atoms with van der Waals surface area (Å²) in [5, 5.41) is 11.9. The maximum atomic E-state index is 10.8. The number of carboxylic acids is 1. The van der Waals surface area contributed by atoms with E-state index in [4.69, 9.17) is 19.3 Å². The van der Waals surface area contributed by atoms with E-state index in [0.29, 0.717) is 30.3 Å². The molecule has 0 aliphatic carbocycles. The van der Waals surface area contributed by atoms with Gasteiger partial charge < -0.3 is 24.6 Å². The predicted octanol–water partition coefficient (Wildman–Crippen LogP) is 0.611. The van der Waals surface area contributed by atoms with Crippen molar-refractivity contribution in [3.05, 3.63) is 18.2 Å². The van der Waals surface area contributed by atoms with Crippen LogP contribution in [0.25, 0.3) is 0 Å². The summed E-state index contributed by atoms with van der Waals surface area (Å²) in [7, 11) is 0. The summed E-state index contributed by atoms with van der Waals surface area (Å²) >= 11 is 0. The molecule has 96 valence electrons. The topological polar surface area (TPSA) is 77.0 Å². The summed E-state index contributed by atoms with van der Waals surface area (Å²) in [5.74, 6) is 1.05. The highest BCUT2D eigenvalue weighted by molar-refractivity contribution is 5.68. The number of carbonyl (C=O) groups is 1. The monoisotopic (exact) mass is 251 g/mol. The number of benzene rings is 1. The van der Waals surface area contributed by atoms with Gasteiger partial charge in [0.1, 0.15) is 11.4 Å². The molecule has 6 heteroatoms. The Labute approximate surface area is 103 Å². The fourth-order valence-electron chi connectivity index (χ4n) is 2.10. The fraction of sp³-hybridized carbons (Fsp3) is 0.417. The summed E-state index contributed by atoms with van der Waals surface area (Å²) in [5.41, 5.74) is -0.653. The lowest BCUT2D eigenvalue weighted by molar-refractivity contribution is -0.143. The van der Waals surface area contributed by atoms with Gasteiger partial charge in [-0.15, -0.1) is 0 Å². The molecule has 2 aliphatic heterocycles. The van der Waals surface area contributed by atoms with Crippen LogP contribution in [0.5, 0.6) is 17.2 Å². The number of hydrogen-bond acceptors (Lipinski definition) is 5. The normalized spacial score (nSPS) is 19.1. The van der Waals surface area contributed by atoms with Crippen molar-refractivity contribution in [3.63, 3.8) is 0 Å². The van der Waals surface area contributed by atoms with Crippen molar-refractivity contribution in [2.24, 2.45) is 0 Å². The van der Waals surface area contributed by atoms with E-state index < -0.39 is 11.6 Å². The van der Waals surface area contributed by atoms with Gasteiger partial charge in [0.2, 0.25) is 6.79 Å². The summed E-state index contributed by atoms with van der Waals surface area (Å²) in [4.78, 5) is 10.8. The molecule has 18 heavy (non-hydrogen) atoms. The van der Waals surface area contributed by atoms with Crippen LogP contribution in [-0.2, 0) is 4.79 Å². The number of ether oxygens (including phenoxy) is 3. The zero-order chi connectivity index (χ0) is 12.6. The molecule has 1 fully saturated rings. The molecular formula is C12H13NO5. The minimum Gasteiger partial charge on any atom is -0.484 e. The van der Waals surface area contributed by atoms with Gasteiger partial charge in [0.25, 0.3) is 0 Å². The molecule has 0 spiro atoms. The Morgan fingerprint density at radius 1 is 1.39 bits per heavy atom. The lowest BCUT2D eigenvalue weighted by Crippen LogP contribution is -2.64. The van der Waals surface area contributed by atoms with Gasteiger partial charge in [-0.05, 0) is 12.1 Å². The van der Waals surface area contributed by atoms with E-state index in [1.165, 1.54) is 0 Å². The number of nitrogens with one attached hydrogen (secondary N) is 1. The van der Waals surface area contributed by atoms with Crippen molar-refractivity contribution >= 4 is 5.97 Å². The van der Waals surface area contributed by atoms with Crippen LogP contribution in [0.3, 0.4) is 0 Å². The first-order valence-corrected chi connectivity index (χ1v) is 5.68. The number of carboxylic acid groups (broad SMARTS) is 1. The van der Waals surface area contributed by atoms with Crippen molar-refractivity contribution in [3.8, 4) is 17.2 Å². The molecule has 2 aliphatic rings. The minimum atomic E-state index is -0.864. The molecule has 1 saturated heterocycles. The summed E-state index contributed by atoms with van der Waals surface area (Å²) in [6.45, 7) is 1.28. The average molecular weight is 251 g/mol. The number of rotatable bonds is 4. The fourth-order valence-corrected chi connectivity index (χ4v) is 2.10. The van der Waals surface area contributed by atoms with Gasteiger partial charge in [-0.1, -0.05) is 0 Å². The van der Waals surface area contributed by atoms with E-state index in [9.17, 15) is 4.79 Å². The van der Waals surface area contributed by atoms with Gasteiger partial charge in [-0.25, -0.2) is 0 Å². The molecule has 2 N–H and O–H groups in total. The maximum Gasteiger partial charge on any atom is 0.307 e. The second kappa shape index (κ2) is 4.06. The van der Waals surface area contributed by atoms with Crippen LogP contribution < -0.4 is 19.5 Å². The van der Waals surface area contributed by atoms with Crippen LogP contribution in [0, 0.1) is 0 Å². The molecule has 0 atom stereocenters. The predicted molar refractivity (Wildman–Crippen MR) is 61.0 cm³/mol. The first-order chi connectivity index (χ1) is 8.67. The quantitative estimate of drug-likeness (QED) is 0.816. The first kappa shape index (κ1) is 11.2. The highest BCUT2D eigenvalue weighted by atomic mass is 16.7. The van der Waals surface area contributed by atoms with E-state index in [-0.39, 0.29) is 13.2 Å². The zero-order valence-electron chi connectivity index (χ0n) is 9.64. The van der Waals surface area contributed by atoms with Crippen LogP contribution in [0.2, 0.25) is 0 Å². The van der Waals surface area contributed by atoms with Crippen molar-refractivity contribution < 1.29 is 24.1 Å². The third-order valence-corrected chi connectivity index (χ3v) is 3.05. The first-order valence-electron chi connectivity index (χ1n) is 5.68. The van der Waals surface area contributed by atoms with Crippen LogP contribution in [-0.4, -0.2) is 36.6 Å². The summed E-state index contributed by atoms with van der Waals surface area (Å²) in [6, 6.07) is 5.25. The molecule has 1 aromatic carbocycles. The Bertz CT molecular complexity index is 483. The van der Waals surface area contributed by atoms with Crippen LogP contribution in [0.4, 0.5) is 0 Å². The van der Waals surface area contributed by atoms with Gasteiger partial charge in [-0.3, -0.25) is 4.79 Å². The molecule has 0 amide bonds.